The molecule has 0 saturated carbocycles. The van der Waals surface area contributed by atoms with Crippen LogP contribution < -0.4 is 9.47 Å². The van der Waals surface area contributed by atoms with Crippen molar-refractivity contribution in [3.8, 4) is 17.2 Å². The topological polar surface area (TPSA) is 36.9 Å². The first-order valence-corrected chi connectivity index (χ1v) is 14.7. The first-order valence-electron chi connectivity index (χ1n) is 14.7. The first-order chi connectivity index (χ1) is 19.4. The highest BCUT2D eigenvalue weighted by atomic mass is 16.5. The zero-order chi connectivity index (χ0) is 29.8. The predicted molar refractivity (Wildman–Crippen MR) is 168 cm³/mol. The lowest BCUT2D eigenvalue weighted by Gasteiger charge is -2.38. The van der Waals surface area contributed by atoms with E-state index in [0.29, 0.717) is 36.5 Å². The fourth-order valence-corrected chi connectivity index (χ4v) is 5.81. The predicted octanol–water partition coefficient (Wildman–Crippen LogP) is 9.88. The third-order valence-corrected chi connectivity index (χ3v) is 7.71. The highest BCUT2D eigenvalue weighted by molar-refractivity contribution is 5.51. The molecule has 0 N–H and O–H groups in total. The van der Waals surface area contributed by atoms with Crippen LogP contribution in [0, 0.1) is 29.6 Å². The van der Waals surface area contributed by atoms with Crippen LogP contribution in [0.4, 0.5) is 0 Å². The average molecular weight is 557 g/mol. The SMILES string of the molecule is COCc1cc(C)cc(COC)c1Oc1ccccc1OC1=CC2CC=C(C(CC(C)(C)C)C(C)(C)C)C=C2C=C1. The van der Waals surface area contributed by atoms with Crippen molar-refractivity contribution < 1.29 is 18.9 Å². The summed E-state index contributed by atoms with van der Waals surface area (Å²) in [4.78, 5) is 0. The third kappa shape index (κ3) is 8.02. The van der Waals surface area contributed by atoms with E-state index in [0.717, 1.165) is 34.6 Å². The Bertz CT molecular complexity index is 1320. The van der Waals surface area contributed by atoms with E-state index in [1.807, 2.05) is 24.3 Å². The van der Waals surface area contributed by atoms with Gasteiger partial charge < -0.3 is 18.9 Å². The van der Waals surface area contributed by atoms with Crippen LogP contribution in [0.5, 0.6) is 17.2 Å². The molecule has 0 bridgehead atoms. The van der Waals surface area contributed by atoms with Crippen molar-refractivity contribution >= 4 is 0 Å². The first kappa shape index (κ1) is 30.9. The molecular formula is C37H48O4. The lowest BCUT2D eigenvalue weighted by molar-refractivity contribution is 0.175. The number of methoxy groups -OCH3 is 2. The molecule has 0 heterocycles. The summed E-state index contributed by atoms with van der Waals surface area (Å²) >= 11 is 0. The minimum Gasteiger partial charge on any atom is -0.454 e. The van der Waals surface area contributed by atoms with Crippen molar-refractivity contribution in [2.24, 2.45) is 22.7 Å². The minimum atomic E-state index is 0.207. The molecule has 2 atom stereocenters. The minimum absolute atomic E-state index is 0.207. The number of fused-ring (bicyclic) bond motifs is 1. The maximum Gasteiger partial charge on any atom is 0.169 e. The van der Waals surface area contributed by atoms with Crippen LogP contribution in [0.15, 0.2) is 83.7 Å². The van der Waals surface area contributed by atoms with Gasteiger partial charge in [-0.05, 0) is 71.9 Å². The van der Waals surface area contributed by atoms with Gasteiger partial charge >= 0.3 is 0 Å². The second-order valence-electron chi connectivity index (χ2n) is 13.7. The molecule has 2 aromatic rings. The van der Waals surface area contributed by atoms with Crippen molar-refractivity contribution in [2.75, 3.05) is 14.2 Å². The largest absolute Gasteiger partial charge is 0.454 e. The van der Waals surface area contributed by atoms with E-state index < -0.39 is 0 Å². The van der Waals surface area contributed by atoms with Crippen molar-refractivity contribution in [3.05, 3.63) is 100 Å². The Morgan fingerprint density at radius 1 is 0.854 bits per heavy atom. The van der Waals surface area contributed by atoms with Crippen LogP contribution in [0.25, 0.3) is 0 Å². The van der Waals surface area contributed by atoms with Crippen molar-refractivity contribution in [1.82, 2.24) is 0 Å². The van der Waals surface area contributed by atoms with E-state index in [-0.39, 0.29) is 10.8 Å². The van der Waals surface area contributed by atoms with E-state index in [9.17, 15) is 0 Å². The molecule has 0 aromatic heterocycles. The van der Waals surface area contributed by atoms with Crippen molar-refractivity contribution in [3.63, 3.8) is 0 Å². The summed E-state index contributed by atoms with van der Waals surface area (Å²) in [6.07, 6.45) is 13.6. The molecule has 0 amide bonds. The molecule has 4 rings (SSSR count). The van der Waals surface area contributed by atoms with Gasteiger partial charge in [-0.25, -0.2) is 0 Å². The molecule has 2 aliphatic rings. The normalized spacial score (nSPS) is 17.8. The second kappa shape index (κ2) is 12.8. The number of hydrogen-bond donors (Lipinski definition) is 0. The van der Waals surface area contributed by atoms with Gasteiger partial charge in [0.05, 0.1) is 13.2 Å². The zero-order valence-corrected chi connectivity index (χ0v) is 26.5. The summed E-state index contributed by atoms with van der Waals surface area (Å²) in [5, 5.41) is 0. The molecular weight excluding hydrogens is 508 g/mol. The van der Waals surface area contributed by atoms with Gasteiger partial charge in [0, 0.05) is 31.3 Å². The van der Waals surface area contributed by atoms with Crippen molar-refractivity contribution in [1.29, 1.82) is 0 Å². The molecule has 4 nitrogen and oxygen atoms in total. The molecule has 0 radical (unpaired) electrons. The summed E-state index contributed by atoms with van der Waals surface area (Å²) in [5.74, 6) is 3.74. The summed E-state index contributed by atoms with van der Waals surface area (Å²) in [5.41, 5.74) is 6.40. The van der Waals surface area contributed by atoms with E-state index in [2.05, 4.69) is 91.0 Å². The number of aryl methyl sites for hydroxylation is 1. The summed E-state index contributed by atoms with van der Waals surface area (Å²) < 4.78 is 24.0. The Morgan fingerprint density at radius 3 is 2.02 bits per heavy atom. The maximum absolute atomic E-state index is 6.53. The summed E-state index contributed by atoms with van der Waals surface area (Å²) in [6.45, 7) is 17.1. The standard InChI is InChI=1S/C37H48O4/c1-25-18-29(23-38-8)35(30(19-25)24-39-9)41-34-13-11-10-12-33(34)40-31-17-16-26-20-28(15-14-27(26)21-31)32(37(5,6)7)22-36(2,3)4/h10-13,15-21,27,32H,14,22-24H2,1-9H3. The summed E-state index contributed by atoms with van der Waals surface area (Å²) in [6, 6.07) is 12.0. The van der Waals surface area contributed by atoms with Crippen LogP contribution in [-0.2, 0) is 22.7 Å². The van der Waals surface area contributed by atoms with Crippen LogP contribution in [0.1, 0.15) is 71.1 Å². The molecule has 220 valence electrons. The van der Waals surface area contributed by atoms with E-state index in [4.69, 9.17) is 18.9 Å². The Kier molecular flexibility index (Phi) is 9.66. The van der Waals surface area contributed by atoms with Gasteiger partial charge in [-0.2, -0.15) is 0 Å². The van der Waals surface area contributed by atoms with E-state index >= 15 is 0 Å². The zero-order valence-electron chi connectivity index (χ0n) is 26.5. The Morgan fingerprint density at radius 2 is 1.46 bits per heavy atom. The molecule has 0 spiro atoms. The lowest BCUT2D eigenvalue weighted by atomic mass is 9.67. The average Bonchev–Trinajstić information content (AvgIpc) is 2.89. The number of para-hydroxylation sites is 2. The van der Waals surface area contributed by atoms with Gasteiger partial charge in [-0.15, -0.1) is 0 Å². The van der Waals surface area contributed by atoms with Gasteiger partial charge in [-0.3, -0.25) is 0 Å². The second-order valence-corrected chi connectivity index (χ2v) is 13.7. The molecule has 0 aliphatic heterocycles. The quantitative estimate of drug-likeness (QED) is 0.292. The Balaban J connectivity index is 1.56. The number of rotatable bonds is 10. The van der Waals surface area contributed by atoms with Gasteiger partial charge in [0.25, 0.3) is 0 Å². The van der Waals surface area contributed by atoms with Gasteiger partial charge in [0.15, 0.2) is 11.5 Å². The molecule has 2 aromatic carbocycles. The Labute approximate surface area is 247 Å². The third-order valence-electron chi connectivity index (χ3n) is 7.71. The fraction of sp³-hybridized carbons (Fsp3) is 0.459. The van der Waals surface area contributed by atoms with Crippen LogP contribution in [-0.4, -0.2) is 14.2 Å². The molecule has 0 fully saturated rings. The van der Waals surface area contributed by atoms with Crippen molar-refractivity contribution in [2.45, 2.75) is 74.5 Å². The fourth-order valence-electron chi connectivity index (χ4n) is 5.81. The smallest absolute Gasteiger partial charge is 0.169 e. The van der Waals surface area contributed by atoms with Crippen LogP contribution >= 0.6 is 0 Å². The molecule has 2 unspecified atom stereocenters. The Hall–Kier alpha value is -3.08. The molecule has 4 heteroatoms. The van der Waals surface area contributed by atoms with Crippen LogP contribution in [0.3, 0.4) is 0 Å². The molecule has 2 aliphatic carbocycles. The number of hydrogen-bond acceptors (Lipinski definition) is 4. The number of allylic oxidation sites excluding steroid dienone is 7. The summed E-state index contributed by atoms with van der Waals surface area (Å²) in [7, 11) is 3.39. The molecule has 41 heavy (non-hydrogen) atoms. The number of benzene rings is 2. The van der Waals surface area contributed by atoms with Gasteiger partial charge in [0.1, 0.15) is 11.5 Å². The monoisotopic (exact) mass is 556 g/mol. The highest BCUT2D eigenvalue weighted by Gasteiger charge is 2.33. The van der Waals surface area contributed by atoms with Gasteiger partial charge in [0.2, 0.25) is 0 Å². The maximum atomic E-state index is 6.53. The van der Waals surface area contributed by atoms with Crippen LogP contribution in [0.2, 0.25) is 0 Å². The van der Waals surface area contributed by atoms with Gasteiger partial charge in [-0.1, -0.05) is 89.6 Å². The highest BCUT2D eigenvalue weighted by Crippen LogP contribution is 2.44. The van der Waals surface area contributed by atoms with E-state index in [1.165, 1.54) is 17.6 Å². The van der Waals surface area contributed by atoms with E-state index in [1.54, 1.807) is 14.2 Å². The number of ether oxygens (including phenoxy) is 4. The lowest BCUT2D eigenvalue weighted by Crippen LogP contribution is -2.28. The molecule has 0 saturated heterocycles.